The van der Waals surface area contributed by atoms with Crippen LogP contribution in [0.2, 0.25) is 0 Å². The largest absolute Gasteiger partial charge is 0.480 e. The molecule has 2 unspecified atom stereocenters. The molecule has 0 rings (SSSR count). The summed E-state index contributed by atoms with van der Waals surface area (Å²) >= 11 is 0. The normalized spacial score (nSPS) is 12.1. The second-order valence-corrected chi connectivity index (χ2v) is 5.04. The maximum atomic E-state index is 10.0. The zero-order valence-corrected chi connectivity index (χ0v) is 14.4. The molecular weight excluding hydrogens is 316 g/mol. The van der Waals surface area contributed by atoms with E-state index >= 15 is 0 Å². The topological polar surface area (TPSA) is 231 Å². The molecule has 2 atom stereocenters. The lowest BCUT2D eigenvalue weighted by molar-refractivity contribution is -0.139. The summed E-state index contributed by atoms with van der Waals surface area (Å²) in [5.74, 6) is -1.91. The minimum absolute atomic E-state index is 0.464. The zero-order valence-electron chi connectivity index (χ0n) is 14.4. The fourth-order valence-electron chi connectivity index (χ4n) is 1.21. The number of rotatable bonds is 11. The van der Waals surface area contributed by atoms with Gasteiger partial charge < -0.3 is 44.6 Å². The van der Waals surface area contributed by atoms with Crippen LogP contribution in [0.1, 0.15) is 38.5 Å². The standard InChI is InChI=1S/2C5H12N2O2.C4H12N2/c2*6-3-1-2-4(7)5(8)9;5-3-1-2-4-6/h2*4H,1-3,6-7H2,(H,8,9);1-6H2. The number of aliphatic carboxylic acids is 2. The molecular formula is C14H36N6O4. The summed E-state index contributed by atoms with van der Waals surface area (Å²) in [7, 11) is 0. The lowest BCUT2D eigenvalue weighted by atomic mass is 10.2. The van der Waals surface area contributed by atoms with Gasteiger partial charge in [0.05, 0.1) is 0 Å². The first-order valence-electron chi connectivity index (χ1n) is 8.05. The van der Waals surface area contributed by atoms with E-state index in [0.29, 0.717) is 38.8 Å². The zero-order chi connectivity index (χ0) is 19.4. The first-order chi connectivity index (χ1) is 11.3. The van der Waals surface area contributed by atoms with E-state index < -0.39 is 24.0 Å². The van der Waals surface area contributed by atoms with E-state index in [0.717, 1.165) is 25.9 Å². The van der Waals surface area contributed by atoms with Crippen molar-refractivity contribution >= 4 is 11.9 Å². The molecule has 146 valence electrons. The quantitative estimate of drug-likeness (QED) is 0.190. The van der Waals surface area contributed by atoms with Crippen molar-refractivity contribution in [3.05, 3.63) is 0 Å². The minimum atomic E-state index is -0.955. The van der Waals surface area contributed by atoms with Gasteiger partial charge in [0.2, 0.25) is 0 Å². The smallest absolute Gasteiger partial charge is 0.320 e. The lowest BCUT2D eigenvalue weighted by Gasteiger charge is -2.02. The van der Waals surface area contributed by atoms with Crippen LogP contribution in [0.15, 0.2) is 0 Å². The Morgan fingerprint density at radius 3 is 1.04 bits per heavy atom. The summed E-state index contributed by atoms with van der Waals surface area (Å²) in [4.78, 5) is 20.1. The molecule has 0 aromatic rings. The van der Waals surface area contributed by atoms with Gasteiger partial charge in [0.1, 0.15) is 12.1 Å². The molecule has 0 radical (unpaired) electrons. The molecule has 0 aliphatic heterocycles. The summed E-state index contributed by atoms with van der Waals surface area (Å²) in [6, 6.07) is -1.48. The number of unbranched alkanes of at least 4 members (excludes halogenated alkanes) is 1. The fourth-order valence-corrected chi connectivity index (χ4v) is 1.21. The highest BCUT2D eigenvalue weighted by Gasteiger charge is 2.09. The molecule has 24 heavy (non-hydrogen) atoms. The second kappa shape index (κ2) is 21.7. The van der Waals surface area contributed by atoms with Gasteiger partial charge in [0.25, 0.3) is 0 Å². The first kappa shape index (κ1) is 27.5. The monoisotopic (exact) mass is 352 g/mol. The molecule has 0 saturated heterocycles. The highest BCUT2D eigenvalue weighted by molar-refractivity contribution is 5.73. The van der Waals surface area contributed by atoms with Crippen LogP contribution >= 0.6 is 0 Å². The van der Waals surface area contributed by atoms with E-state index in [1.807, 2.05) is 0 Å². The van der Waals surface area contributed by atoms with Gasteiger partial charge in [-0.1, -0.05) is 0 Å². The van der Waals surface area contributed by atoms with Crippen LogP contribution in [-0.4, -0.2) is 60.4 Å². The molecule has 0 aliphatic carbocycles. The van der Waals surface area contributed by atoms with Gasteiger partial charge in [-0.2, -0.15) is 0 Å². The van der Waals surface area contributed by atoms with E-state index in [2.05, 4.69) is 0 Å². The molecule has 0 fully saturated rings. The van der Waals surface area contributed by atoms with Crippen LogP contribution in [-0.2, 0) is 9.59 Å². The number of carboxylic acids is 2. The molecule has 14 N–H and O–H groups in total. The van der Waals surface area contributed by atoms with Gasteiger partial charge in [-0.3, -0.25) is 9.59 Å². The number of hydrogen-bond acceptors (Lipinski definition) is 8. The molecule has 0 aromatic heterocycles. The van der Waals surface area contributed by atoms with Crippen molar-refractivity contribution in [3.63, 3.8) is 0 Å². The Morgan fingerprint density at radius 1 is 0.625 bits per heavy atom. The van der Waals surface area contributed by atoms with Crippen molar-refractivity contribution in [2.75, 3.05) is 26.2 Å². The number of carboxylic acid groups (broad SMARTS) is 2. The molecule has 0 spiro atoms. The van der Waals surface area contributed by atoms with Gasteiger partial charge in [0.15, 0.2) is 0 Å². The summed E-state index contributed by atoms with van der Waals surface area (Å²) < 4.78 is 0. The van der Waals surface area contributed by atoms with E-state index in [-0.39, 0.29) is 0 Å². The Balaban J connectivity index is -0.000000282. The summed E-state index contributed by atoms with van der Waals surface area (Å²) in [6.07, 6.45) is 4.41. The van der Waals surface area contributed by atoms with Crippen LogP contribution in [0.5, 0.6) is 0 Å². The fraction of sp³-hybridized carbons (Fsp3) is 0.857. The second-order valence-electron chi connectivity index (χ2n) is 5.04. The van der Waals surface area contributed by atoms with E-state index in [4.69, 9.17) is 44.6 Å². The van der Waals surface area contributed by atoms with Gasteiger partial charge in [-0.05, 0) is 64.7 Å². The third kappa shape index (κ3) is 25.6. The molecule has 0 bridgehead atoms. The van der Waals surface area contributed by atoms with Gasteiger partial charge in [-0.25, -0.2) is 0 Å². The van der Waals surface area contributed by atoms with Crippen LogP contribution in [0.25, 0.3) is 0 Å². The van der Waals surface area contributed by atoms with E-state index in [9.17, 15) is 9.59 Å². The molecule has 0 aromatic carbocycles. The van der Waals surface area contributed by atoms with Gasteiger partial charge in [-0.15, -0.1) is 0 Å². The molecule has 0 aliphatic rings. The average Bonchev–Trinajstić information content (AvgIpc) is 2.56. The highest BCUT2D eigenvalue weighted by Crippen LogP contribution is 1.91. The predicted octanol–water partition coefficient (Wildman–Crippen LogP) is -2.04. The van der Waals surface area contributed by atoms with Crippen LogP contribution in [0, 0.1) is 0 Å². The molecule has 10 heteroatoms. The Hall–Kier alpha value is -1.30. The summed E-state index contributed by atoms with van der Waals surface area (Å²) in [6.45, 7) is 2.55. The summed E-state index contributed by atoms with van der Waals surface area (Å²) in [5, 5.41) is 16.5. The first-order valence-corrected chi connectivity index (χ1v) is 8.05. The Labute approximate surface area is 143 Å². The van der Waals surface area contributed by atoms with E-state index in [1.54, 1.807) is 0 Å². The predicted molar refractivity (Wildman–Crippen MR) is 95.1 cm³/mol. The van der Waals surface area contributed by atoms with Crippen LogP contribution in [0.4, 0.5) is 0 Å². The Bertz CT molecular complexity index is 266. The highest BCUT2D eigenvalue weighted by atomic mass is 16.4. The maximum absolute atomic E-state index is 10.0. The maximum Gasteiger partial charge on any atom is 0.320 e. The van der Waals surface area contributed by atoms with Crippen molar-refractivity contribution in [1.82, 2.24) is 0 Å². The third-order valence-electron chi connectivity index (χ3n) is 2.73. The Kier molecular flexibility index (Phi) is 24.9. The average molecular weight is 352 g/mol. The van der Waals surface area contributed by atoms with Gasteiger partial charge >= 0.3 is 11.9 Å². The molecule has 10 nitrogen and oxygen atoms in total. The third-order valence-corrected chi connectivity index (χ3v) is 2.73. The number of nitrogens with two attached hydrogens (primary N) is 6. The van der Waals surface area contributed by atoms with Crippen LogP contribution < -0.4 is 34.4 Å². The molecule has 0 amide bonds. The molecule has 0 heterocycles. The van der Waals surface area contributed by atoms with Gasteiger partial charge in [0, 0.05) is 0 Å². The number of carbonyl (C=O) groups is 2. The lowest BCUT2D eigenvalue weighted by Crippen LogP contribution is -2.30. The van der Waals surface area contributed by atoms with Crippen molar-refractivity contribution in [1.29, 1.82) is 0 Å². The van der Waals surface area contributed by atoms with E-state index in [1.165, 1.54) is 0 Å². The van der Waals surface area contributed by atoms with Crippen molar-refractivity contribution in [2.45, 2.75) is 50.6 Å². The van der Waals surface area contributed by atoms with Crippen molar-refractivity contribution in [2.24, 2.45) is 34.4 Å². The Morgan fingerprint density at radius 2 is 0.875 bits per heavy atom. The SMILES string of the molecule is NCCCC(N)C(=O)O.NCCCC(N)C(=O)O.NCCCCN. The van der Waals surface area contributed by atoms with Crippen molar-refractivity contribution in [3.8, 4) is 0 Å². The van der Waals surface area contributed by atoms with Crippen LogP contribution in [0.3, 0.4) is 0 Å². The summed E-state index contributed by atoms with van der Waals surface area (Å²) in [5.41, 5.74) is 30.9. The van der Waals surface area contributed by atoms with Crippen molar-refractivity contribution < 1.29 is 19.8 Å². The number of hydrogen-bond donors (Lipinski definition) is 8. The minimum Gasteiger partial charge on any atom is -0.480 e. The molecule has 0 saturated carbocycles.